The zero-order valence-corrected chi connectivity index (χ0v) is 20.1. The molecule has 3 aromatic rings. The molecule has 0 aliphatic carbocycles. The number of aromatic nitrogens is 1. The van der Waals surface area contributed by atoms with Crippen LogP contribution in [0.5, 0.6) is 0 Å². The number of nitrogens with zero attached hydrogens (tertiary/aromatic N) is 2. The average molecular weight is 469 g/mol. The number of carbonyl (C=O) groups excluding carboxylic acids is 2. The van der Waals surface area contributed by atoms with Crippen LogP contribution >= 0.6 is 0 Å². The molecule has 0 spiro atoms. The molecule has 0 radical (unpaired) electrons. The van der Waals surface area contributed by atoms with Crippen molar-refractivity contribution in [2.45, 2.75) is 26.3 Å². The lowest BCUT2D eigenvalue weighted by atomic mass is 10.1. The van der Waals surface area contributed by atoms with Crippen LogP contribution in [-0.4, -0.2) is 48.1 Å². The van der Waals surface area contributed by atoms with Crippen LogP contribution < -0.4 is 10.6 Å². The number of carbonyl (C=O) groups is 2. The Morgan fingerprint density at radius 2 is 1.58 bits per heavy atom. The van der Waals surface area contributed by atoms with E-state index in [1.807, 2.05) is 20.8 Å². The number of rotatable bonds is 6. The first-order valence-corrected chi connectivity index (χ1v) is 11.7. The molecule has 9 heteroatoms. The van der Waals surface area contributed by atoms with E-state index in [4.69, 9.17) is 0 Å². The third-order valence-electron chi connectivity index (χ3n) is 4.74. The Bertz CT molecular complexity index is 1320. The van der Waals surface area contributed by atoms with Gasteiger partial charge in [0.2, 0.25) is 0 Å². The van der Waals surface area contributed by atoms with E-state index in [1.165, 1.54) is 26.4 Å². The molecule has 1 aromatic heterocycles. The number of hydrogen-bond acceptors (Lipinski definition) is 4. The number of amides is 2. The molecule has 0 aliphatic heterocycles. The molecule has 2 amide bonds. The SMILES string of the molecule is CN(C)S(=O)(=O)n1cc(/C=C(\NC(=O)c2ccccc2)C(=O)NC(C)(C)C)c2ccccc21. The summed E-state index contributed by atoms with van der Waals surface area (Å²) >= 11 is 0. The Labute approximate surface area is 194 Å². The Balaban J connectivity index is 2.14. The number of para-hydroxylation sites is 1. The molecular weight excluding hydrogens is 440 g/mol. The van der Waals surface area contributed by atoms with E-state index >= 15 is 0 Å². The monoisotopic (exact) mass is 468 g/mol. The van der Waals surface area contributed by atoms with Gasteiger partial charge in [-0.2, -0.15) is 12.7 Å². The third kappa shape index (κ3) is 5.50. The fraction of sp³-hybridized carbons (Fsp3) is 0.250. The zero-order chi connectivity index (χ0) is 24.4. The van der Waals surface area contributed by atoms with E-state index in [9.17, 15) is 18.0 Å². The highest BCUT2D eigenvalue weighted by Crippen LogP contribution is 2.25. The van der Waals surface area contributed by atoms with Crippen LogP contribution in [0.15, 0.2) is 66.5 Å². The Hall–Kier alpha value is -3.43. The molecule has 3 rings (SSSR count). The van der Waals surface area contributed by atoms with E-state index in [0.29, 0.717) is 22.0 Å². The van der Waals surface area contributed by atoms with Crippen LogP contribution in [0.1, 0.15) is 36.7 Å². The first-order valence-electron chi connectivity index (χ1n) is 10.3. The molecule has 33 heavy (non-hydrogen) atoms. The second-order valence-corrected chi connectivity index (χ2v) is 10.8. The first kappa shape index (κ1) is 24.2. The lowest BCUT2D eigenvalue weighted by Crippen LogP contribution is -2.44. The summed E-state index contributed by atoms with van der Waals surface area (Å²) in [6.07, 6.45) is 2.94. The molecule has 8 nitrogen and oxygen atoms in total. The van der Waals surface area contributed by atoms with Crippen molar-refractivity contribution in [2.75, 3.05) is 14.1 Å². The minimum atomic E-state index is -3.80. The first-order chi connectivity index (χ1) is 15.4. The van der Waals surface area contributed by atoms with Crippen molar-refractivity contribution < 1.29 is 18.0 Å². The summed E-state index contributed by atoms with van der Waals surface area (Å²) in [5.41, 5.74) is 0.787. The van der Waals surface area contributed by atoms with Gasteiger partial charge in [0.15, 0.2) is 0 Å². The standard InChI is InChI=1S/C24H28N4O4S/c1-24(2,3)26-23(30)20(25-22(29)17-11-7-6-8-12-17)15-18-16-28(33(31,32)27(4)5)21-14-10-9-13-19(18)21/h6-16H,1-5H3,(H,25,29)(H,26,30)/b20-15-. The van der Waals surface area contributed by atoms with E-state index < -0.39 is 27.6 Å². The molecule has 0 bridgehead atoms. The summed E-state index contributed by atoms with van der Waals surface area (Å²) in [4.78, 5) is 25.8. The number of hydrogen-bond donors (Lipinski definition) is 2. The molecule has 0 saturated heterocycles. The summed E-state index contributed by atoms with van der Waals surface area (Å²) in [6, 6.07) is 15.5. The van der Waals surface area contributed by atoms with Gasteiger partial charge < -0.3 is 10.6 Å². The predicted octanol–water partition coefficient (Wildman–Crippen LogP) is 2.98. The van der Waals surface area contributed by atoms with E-state index in [0.717, 1.165) is 8.28 Å². The highest BCUT2D eigenvalue weighted by molar-refractivity contribution is 7.87. The van der Waals surface area contributed by atoms with Crippen LogP contribution in [-0.2, 0) is 15.0 Å². The fourth-order valence-electron chi connectivity index (χ4n) is 3.16. The van der Waals surface area contributed by atoms with Gasteiger partial charge in [0.05, 0.1) is 5.52 Å². The van der Waals surface area contributed by atoms with Crippen molar-refractivity contribution in [3.05, 3.63) is 77.6 Å². The second kappa shape index (κ2) is 9.21. The van der Waals surface area contributed by atoms with Gasteiger partial charge in [0, 0.05) is 42.3 Å². The number of benzene rings is 2. The van der Waals surface area contributed by atoms with E-state index in [2.05, 4.69) is 10.6 Å². The van der Waals surface area contributed by atoms with Gasteiger partial charge in [-0.25, -0.2) is 3.97 Å². The average Bonchev–Trinajstić information content (AvgIpc) is 3.12. The van der Waals surface area contributed by atoms with Crippen LogP contribution in [0.3, 0.4) is 0 Å². The lowest BCUT2D eigenvalue weighted by Gasteiger charge is -2.22. The van der Waals surface area contributed by atoms with Gasteiger partial charge in [-0.05, 0) is 45.0 Å². The number of fused-ring (bicyclic) bond motifs is 1. The zero-order valence-electron chi connectivity index (χ0n) is 19.3. The topological polar surface area (TPSA) is 101 Å². The highest BCUT2D eigenvalue weighted by Gasteiger charge is 2.23. The summed E-state index contributed by atoms with van der Waals surface area (Å²) in [7, 11) is -0.908. The van der Waals surface area contributed by atoms with Crippen molar-refractivity contribution in [3.8, 4) is 0 Å². The maximum atomic E-state index is 13.1. The molecule has 0 saturated carbocycles. The molecule has 0 atom stereocenters. The highest BCUT2D eigenvalue weighted by atomic mass is 32.2. The van der Waals surface area contributed by atoms with Gasteiger partial charge in [0.25, 0.3) is 11.8 Å². The second-order valence-electron chi connectivity index (χ2n) is 8.77. The molecule has 2 aromatic carbocycles. The quantitative estimate of drug-likeness (QED) is 0.543. The molecule has 1 heterocycles. The van der Waals surface area contributed by atoms with E-state index in [-0.39, 0.29) is 5.70 Å². The van der Waals surface area contributed by atoms with Gasteiger partial charge in [-0.15, -0.1) is 0 Å². The summed E-state index contributed by atoms with van der Waals surface area (Å²) in [6.45, 7) is 5.49. The summed E-state index contributed by atoms with van der Waals surface area (Å²) < 4.78 is 28.0. The number of nitrogens with one attached hydrogen (secondary N) is 2. The minimum absolute atomic E-state index is 0.00364. The third-order valence-corrected chi connectivity index (χ3v) is 6.46. The van der Waals surface area contributed by atoms with Crippen molar-refractivity contribution in [1.82, 2.24) is 18.9 Å². The maximum Gasteiger partial charge on any atom is 0.307 e. The molecule has 174 valence electrons. The molecule has 0 unspecified atom stereocenters. The normalized spacial score (nSPS) is 12.7. The summed E-state index contributed by atoms with van der Waals surface area (Å²) in [5, 5.41) is 6.15. The Morgan fingerprint density at radius 3 is 2.18 bits per heavy atom. The van der Waals surface area contributed by atoms with Crippen molar-refractivity contribution in [1.29, 1.82) is 0 Å². The van der Waals surface area contributed by atoms with Crippen LogP contribution in [0, 0.1) is 0 Å². The van der Waals surface area contributed by atoms with Gasteiger partial charge in [-0.1, -0.05) is 36.4 Å². The molecule has 0 fully saturated rings. The summed E-state index contributed by atoms with van der Waals surface area (Å²) in [5.74, 6) is -0.936. The van der Waals surface area contributed by atoms with Gasteiger partial charge >= 0.3 is 10.2 Å². The molecular formula is C24H28N4O4S. The maximum absolute atomic E-state index is 13.1. The van der Waals surface area contributed by atoms with Crippen molar-refractivity contribution in [2.24, 2.45) is 0 Å². The largest absolute Gasteiger partial charge is 0.346 e. The predicted molar refractivity (Wildman–Crippen MR) is 130 cm³/mol. The van der Waals surface area contributed by atoms with Crippen LogP contribution in [0.2, 0.25) is 0 Å². The molecule has 0 aliphatic rings. The van der Waals surface area contributed by atoms with Crippen molar-refractivity contribution >= 4 is 39.0 Å². The lowest BCUT2D eigenvalue weighted by molar-refractivity contribution is -0.119. The fourth-order valence-corrected chi connectivity index (χ4v) is 4.17. The van der Waals surface area contributed by atoms with Crippen LogP contribution in [0.4, 0.5) is 0 Å². The van der Waals surface area contributed by atoms with Crippen molar-refractivity contribution in [3.63, 3.8) is 0 Å². The van der Waals surface area contributed by atoms with Crippen LogP contribution in [0.25, 0.3) is 17.0 Å². The van der Waals surface area contributed by atoms with E-state index in [1.54, 1.807) is 54.6 Å². The smallest absolute Gasteiger partial charge is 0.307 e. The van der Waals surface area contributed by atoms with Gasteiger partial charge in [-0.3, -0.25) is 9.59 Å². The van der Waals surface area contributed by atoms with Gasteiger partial charge in [0.1, 0.15) is 5.70 Å². The Morgan fingerprint density at radius 1 is 0.970 bits per heavy atom. The minimum Gasteiger partial charge on any atom is -0.346 e. The molecule has 2 N–H and O–H groups in total. The Kier molecular flexibility index (Phi) is 6.76.